The fourth-order valence-electron chi connectivity index (χ4n) is 0.818. The maximum Gasteiger partial charge on any atom is 0 e. The second-order valence-corrected chi connectivity index (χ2v) is 2.39. The van der Waals surface area contributed by atoms with Gasteiger partial charge < -0.3 is 29.7 Å². The van der Waals surface area contributed by atoms with Gasteiger partial charge in [-0.3, -0.25) is 6.08 Å². The first-order valence-corrected chi connectivity index (χ1v) is 3.08. The molecule has 0 N–H and O–H groups in total. The van der Waals surface area contributed by atoms with Crippen molar-refractivity contribution in [3.05, 3.63) is 53.5 Å². The molecule has 1 aliphatic carbocycles. The van der Waals surface area contributed by atoms with E-state index >= 15 is 0 Å². The van der Waals surface area contributed by atoms with Crippen molar-refractivity contribution < 1.29 is 18.6 Å². The minimum atomic E-state index is 0. The van der Waals surface area contributed by atoms with Crippen LogP contribution in [0, 0.1) is 41.7 Å². The van der Waals surface area contributed by atoms with Crippen LogP contribution in [0.2, 0.25) is 0 Å². The molecule has 0 saturated carbocycles. The number of hydrogen-bond donors (Lipinski definition) is 0. The third-order valence-corrected chi connectivity index (χ3v) is 1.34. The molecule has 0 aromatic heterocycles. The summed E-state index contributed by atoms with van der Waals surface area (Å²) < 4.78 is 0. The molecule has 0 saturated heterocycles. The summed E-state index contributed by atoms with van der Waals surface area (Å²) in [5.74, 6) is 0.661. The van der Waals surface area contributed by atoms with Crippen LogP contribution < -0.4 is 0 Å². The molecule has 0 spiro atoms. The van der Waals surface area contributed by atoms with E-state index in [0.29, 0.717) is 5.92 Å². The molecule has 0 fully saturated rings. The summed E-state index contributed by atoms with van der Waals surface area (Å²) in [6.07, 6.45) is 8.59. The van der Waals surface area contributed by atoms with Crippen LogP contribution in [-0.2, 0) is 18.6 Å². The zero-order valence-electron chi connectivity index (χ0n) is 9.89. The van der Waals surface area contributed by atoms with E-state index in [9.17, 15) is 0 Å². The molecule has 1 aliphatic rings. The summed E-state index contributed by atoms with van der Waals surface area (Å²) in [5.41, 5.74) is 1.37. The second-order valence-electron chi connectivity index (χ2n) is 2.39. The van der Waals surface area contributed by atoms with Gasteiger partial charge >= 0.3 is 0 Å². The van der Waals surface area contributed by atoms with Gasteiger partial charge in [0.05, 0.1) is 0 Å². The summed E-state index contributed by atoms with van der Waals surface area (Å²) in [4.78, 5) is 0. The molecule has 0 atom stereocenters. The van der Waals surface area contributed by atoms with Crippen LogP contribution in [0.1, 0.15) is 20.3 Å². The van der Waals surface area contributed by atoms with Gasteiger partial charge in [0.25, 0.3) is 0 Å². The SMILES string of the molecule is CC(C)C1=[C-]CC=C1.[CH3-].[CH3-].[CH3-].[CH3-].[V]. The van der Waals surface area contributed by atoms with Crippen molar-refractivity contribution in [1.29, 1.82) is 0 Å². The molecular weight excluding hydrogens is 195 g/mol. The van der Waals surface area contributed by atoms with Crippen molar-refractivity contribution in [1.82, 2.24) is 0 Å². The van der Waals surface area contributed by atoms with Gasteiger partial charge in [0, 0.05) is 18.6 Å². The van der Waals surface area contributed by atoms with Crippen LogP contribution in [0.4, 0.5) is 0 Å². The Morgan fingerprint density at radius 1 is 1.15 bits per heavy atom. The Kier molecular flexibility index (Phi) is 32.8. The summed E-state index contributed by atoms with van der Waals surface area (Å²) in [6.45, 7) is 4.38. The molecule has 81 valence electrons. The molecule has 0 nitrogen and oxygen atoms in total. The van der Waals surface area contributed by atoms with E-state index in [1.807, 2.05) is 0 Å². The van der Waals surface area contributed by atoms with Crippen molar-refractivity contribution >= 4 is 0 Å². The third kappa shape index (κ3) is 9.98. The summed E-state index contributed by atoms with van der Waals surface area (Å²) in [7, 11) is 0. The molecule has 0 aromatic rings. The van der Waals surface area contributed by atoms with E-state index in [1.54, 1.807) is 0 Å². The largest absolute Gasteiger partial charge is 0.358 e. The van der Waals surface area contributed by atoms with E-state index < -0.39 is 0 Å². The van der Waals surface area contributed by atoms with Crippen molar-refractivity contribution in [2.45, 2.75) is 20.3 Å². The smallest absolute Gasteiger partial charge is 0 e. The van der Waals surface area contributed by atoms with Crippen molar-refractivity contribution in [2.24, 2.45) is 5.92 Å². The van der Waals surface area contributed by atoms with Gasteiger partial charge in [-0.05, 0) is 0 Å². The standard InChI is InChI=1S/C8H11.4CH3.V/c1-7(2)8-5-3-4-6-8;;;;;/h3,5,7H,4H2,1-2H3;4*1H3;/q5*-1;. The molecule has 0 heterocycles. The molecule has 1 radical (unpaired) electrons. The van der Waals surface area contributed by atoms with Crippen LogP contribution in [0.15, 0.2) is 17.7 Å². The average Bonchev–Trinajstić information content (AvgIpc) is 2.12. The van der Waals surface area contributed by atoms with Crippen molar-refractivity contribution in [2.75, 3.05) is 0 Å². The summed E-state index contributed by atoms with van der Waals surface area (Å²) >= 11 is 0. The van der Waals surface area contributed by atoms with Crippen molar-refractivity contribution in [3.63, 3.8) is 0 Å². The quantitative estimate of drug-likeness (QED) is 0.580. The van der Waals surface area contributed by atoms with E-state index in [4.69, 9.17) is 0 Å². The van der Waals surface area contributed by atoms with Crippen LogP contribution in [0.5, 0.6) is 0 Å². The van der Waals surface area contributed by atoms with E-state index in [-0.39, 0.29) is 48.3 Å². The van der Waals surface area contributed by atoms with Crippen LogP contribution in [-0.4, -0.2) is 0 Å². The second kappa shape index (κ2) is 14.6. The minimum Gasteiger partial charge on any atom is -0.358 e. The van der Waals surface area contributed by atoms with Gasteiger partial charge in [-0.2, -0.15) is 6.08 Å². The maximum absolute atomic E-state index is 3.26. The van der Waals surface area contributed by atoms with Gasteiger partial charge in [0.15, 0.2) is 0 Å². The van der Waals surface area contributed by atoms with Gasteiger partial charge in [-0.15, -0.1) is 6.42 Å². The Hall–Kier alpha value is 0.0644. The molecule has 0 amide bonds. The van der Waals surface area contributed by atoms with Gasteiger partial charge in [0.1, 0.15) is 0 Å². The monoisotopic (exact) mass is 218 g/mol. The first-order chi connectivity index (χ1) is 3.80. The van der Waals surface area contributed by atoms with Crippen LogP contribution >= 0.6 is 0 Å². The van der Waals surface area contributed by atoms with E-state index in [1.165, 1.54) is 5.57 Å². The molecule has 1 heteroatoms. The maximum atomic E-state index is 3.26. The molecular formula is C12H23V-5. The number of allylic oxidation sites excluding steroid dienone is 4. The van der Waals surface area contributed by atoms with E-state index in [2.05, 4.69) is 32.1 Å². The molecule has 13 heavy (non-hydrogen) atoms. The molecule has 1 rings (SSSR count). The average molecular weight is 218 g/mol. The van der Waals surface area contributed by atoms with Crippen molar-refractivity contribution in [3.8, 4) is 0 Å². The predicted octanol–water partition coefficient (Wildman–Crippen LogP) is 4.13. The van der Waals surface area contributed by atoms with Gasteiger partial charge in [-0.1, -0.05) is 19.8 Å². The first kappa shape index (κ1) is 29.2. The first-order valence-electron chi connectivity index (χ1n) is 3.08. The summed E-state index contributed by atoms with van der Waals surface area (Å²) in [5, 5.41) is 0. The van der Waals surface area contributed by atoms with E-state index in [0.717, 1.165) is 6.42 Å². The Balaban J connectivity index is -0.0000000427. The zero-order chi connectivity index (χ0) is 5.98. The number of hydrogen-bond acceptors (Lipinski definition) is 0. The fourth-order valence-corrected chi connectivity index (χ4v) is 0.818. The third-order valence-electron chi connectivity index (χ3n) is 1.34. The zero-order valence-corrected chi connectivity index (χ0v) is 11.3. The predicted molar refractivity (Wildman–Crippen MR) is 61.0 cm³/mol. The number of rotatable bonds is 1. The Morgan fingerprint density at radius 2 is 1.62 bits per heavy atom. The van der Waals surface area contributed by atoms with Crippen LogP contribution in [0.25, 0.3) is 0 Å². The summed E-state index contributed by atoms with van der Waals surface area (Å²) in [6, 6.07) is 0. The Morgan fingerprint density at radius 3 is 1.77 bits per heavy atom. The fraction of sp³-hybridized carbons (Fsp3) is 0.333. The van der Waals surface area contributed by atoms with Crippen LogP contribution in [0.3, 0.4) is 0 Å². The molecule has 0 aromatic carbocycles. The molecule has 0 unspecified atom stereocenters. The van der Waals surface area contributed by atoms with Gasteiger partial charge in [0.2, 0.25) is 0 Å². The Bertz CT molecular complexity index is 132. The molecule has 0 bridgehead atoms. The molecule has 0 aliphatic heterocycles. The Labute approximate surface area is 98.4 Å². The van der Waals surface area contributed by atoms with Gasteiger partial charge in [-0.25, -0.2) is 11.6 Å². The normalized spacial score (nSPS) is 10.8. The topological polar surface area (TPSA) is 0 Å². The minimum absolute atomic E-state index is 0.